The van der Waals surface area contributed by atoms with E-state index in [9.17, 15) is 22.8 Å². The van der Waals surface area contributed by atoms with Crippen LogP contribution in [0.15, 0.2) is 46.1 Å². The Balaban J connectivity index is 2.65. The van der Waals surface area contributed by atoms with Crippen molar-refractivity contribution >= 4 is 0 Å². The Morgan fingerprint density at radius 2 is 1.91 bits per heavy atom. The van der Waals surface area contributed by atoms with E-state index in [1.165, 1.54) is 19.1 Å². The summed E-state index contributed by atoms with van der Waals surface area (Å²) < 4.78 is 39.9. The molecule has 0 fully saturated rings. The Morgan fingerprint density at radius 1 is 1.23 bits per heavy atom. The van der Waals surface area contributed by atoms with Gasteiger partial charge in [-0.2, -0.15) is 13.2 Å². The van der Waals surface area contributed by atoms with Crippen LogP contribution in [-0.2, 0) is 6.18 Å². The van der Waals surface area contributed by atoms with Gasteiger partial charge < -0.3 is 5.11 Å². The number of hydrogen-bond acceptors (Lipinski definition) is 3. The third-order valence-electron chi connectivity index (χ3n) is 3.17. The third kappa shape index (κ3) is 2.96. The van der Waals surface area contributed by atoms with Crippen LogP contribution in [0.25, 0.3) is 5.69 Å². The molecule has 0 aliphatic carbocycles. The highest BCUT2D eigenvalue weighted by atomic mass is 19.4. The zero-order chi connectivity index (χ0) is 16.5. The molecule has 0 spiro atoms. The summed E-state index contributed by atoms with van der Waals surface area (Å²) in [5.41, 5.74) is -2.35. The summed E-state index contributed by atoms with van der Waals surface area (Å²) in [5.74, 6) is 0. The molecule has 5 nitrogen and oxygen atoms in total. The minimum Gasteiger partial charge on any atom is -0.394 e. The van der Waals surface area contributed by atoms with Gasteiger partial charge in [-0.05, 0) is 25.1 Å². The maximum atomic E-state index is 12.7. The van der Waals surface area contributed by atoms with Crippen LogP contribution in [0.3, 0.4) is 0 Å². The number of aromatic nitrogens is 2. The highest BCUT2D eigenvalue weighted by Gasteiger charge is 2.30. The number of nitrogens with zero attached hydrogens (tertiary/aromatic N) is 2. The fourth-order valence-electron chi connectivity index (χ4n) is 2.01. The highest BCUT2D eigenvalue weighted by molar-refractivity contribution is 5.37. The van der Waals surface area contributed by atoms with Gasteiger partial charge in [0.05, 0.1) is 23.9 Å². The number of rotatable bonds is 3. The van der Waals surface area contributed by atoms with E-state index >= 15 is 0 Å². The minimum atomic E-state index is -4.54. The van der Waals surface area contributed by atoms with Crippen LogP contribution in [0, 0.1) is 0 Å². The van der Waals surface area contributed by atoms with E-state index in [4.69, 9.17) is 5.11 Å². The van der Waals surface area contributed by atoms with E-state index < -0.39 is 35.6 Å². The van der Waals surface area contributed by atoms with Crippen molar-refractivity contribution < 1.29 is 18.3 Å². The van der Waals surface area contributed by atoms with Gasteiger partial charge in [0.1, 0.15) is 0 Å². The SMILES string of the molecule is C[C@H](CO)n1c(=O)ccn(-c2cccc(C(F)(F)F)c2)c1=O. The molecule has 0 radical (unpaired) electrons. The second-order valence-corrected chi connectivity index (χ2v) is 4.76. The Bertz CT molecular complexity index is 793. The van der Waals surface area contributed by atoms with Crippen molar-refractivity contribution in [1.82, 2.24) is 9.13 Å². The van der Waals surface area contributed by atoms with Crippen molar-refractivity contribution in [2.45, 2.75) is 19.1 Å². The molecule has 8 heteroatoms. The second kappa shape index (κ2) is 5.80. The average Bonchev–Trinajstić information content (AvgIpc) is 2.46. The van der Waals surface area contributed by atoms with Gasteiger partial charge in [0, 0.05) is 12.3 Å². The van der Waals surface area contributed by atoms with Crippen molar-refractivity contribution in [1.29, 1.82) is 0 Å². The predicted molar refractivity (Wildman–Crippen MR) is 73.1 cm³/mol. The summed E-state index contributed by atoms with van der Waals surface area (Å²) in [6.45, 7) is 1.01. The summed E-state index contributed by atoms with van der Waals surface area (Å²) in [6.07, 6.45) is -3.42. The monoisotopic (exact) mass is 314 g/mol. The molecule has 22 heavy (non-hydrogen) atoms. The summed E-state index contributed by atoms with van der Waals surface area (Å²) >= 11 is 0. The van der Waals surface area contributed by atoms with Crippen LogP contribution >= 0.6 is 0 Å². The van der Waals surface area contributed by atoms with Gasteiger partial charge >= 0.3 is 11.9 Å². The van der Waals surface area contributed by atoms with Crippen LogP contribution in [0.2, 0.25) is 0 Å². The molecule has 0 saturated heterocycles. The first-order valence-electron chi connectivity index (χ1n) is 6.38. The largest absolute Gasteiger partial charge is 0.416 e. The lowest BCUT2D eigenvalue weighted by atomic mass is 10.2. The number of halogens is 3. The van der Waals surface area contributed by atoms with Crippen molar-refractivity contribution in [2.75, 3.05) is 6.61 Å². The van der Waals surface area contributed by atoms with Crippen molar-refractivity contribution in [3.8, 4) is 5.69 Å². The van der Waals surface area contributed by atoms with Gasteiger partial charge in [-0.1, -0.05) is 6.07 Å². The van der Waals surface area contributed by atoms with Crippen LogP contribution in [0.4, 0.5) is 13.2 Å². The van der Waals surface area contributed by atoms with E-state index in [0.717, 1.165) is 33.5 Å². The lowest BCUT2D eigenvalue weighted by Gasteiger charge is -2.15. The van der Waals surface area contributed by atoms with Gasteiger partial charge in [-0.3, -0.25) is 13.9 Å². The average molecular weight is 314 g/mol. The molecule has 1 aromatic heterocycles. The molecule has 2 rings (SSSR count). The fourth-order valence-corrected chi connectivity index (χ4v) is 2.01. The van der Waals surface area contributed by atoms with E-state index in [1.807, 2.05) is 0 Å². The van der Waals surface area contributed by atoms with Crippen LogP contribution in [0.1, 0.15) is 18.5 Å². The summed E-state index contributed by atoms with van der Waals surface area (Å²) in [4.78, 5) is 24.0. The first-order valence-corrected chi connectivity index (χ1v) is 6.38. The molecule has 118 valence electrons. The molecule has 2 aromatic rings. The van der Waals surface area contributed by atoms with Gasteiger partial charge in [0.15, 0.2) is 0 Å². The van der Waals surface area contributed by atoms with Crippen molar-refractivity contribution in [3.05, 3.63) is 62.9 Å². The Kier molecular flexibility index (Phi) is 4.23. The maximum absolute atomic E-state index is 12.7. The lowest BCUT2D eigenvalue weighted by molar-refractivity contribution is -0.137. The molecule has 1 heterocycles. The highest BCUT2D eigenvalue weighted by Crippen LogP contribution is 2.30. The Morgan fingerprint density at radius 3 is 2.50 bits per heavy atom. The van der Waals surface area contributed by atoms with Gasteiger partial charge in [-0.25, -0.2) is 4.79 Å². The minimum absolute atomic E-state index is 0.0151. The number of aliphatic hydroxyl groups excluding tert-OH is 1. The Hall–Kier alpha value is -2.35. The molecular weight excluding hydrogens is 301 g/mol. The van der Waals surface area contributed by atoms with Crippen molar-refractivity contribution in [3.63, 3.8) is 0 Å². The summed E-state index contributed by atoms with van der Waals surface area (Å²) in [5, 5.41) is 9.09. The molecule has 0 amide bonds. The first-order chi connectivity index (χ1) is 10.3. The lowest BCUT2D eigenvalue weighted by Crippen LogP contribution is -2.41. The van der Waals surface area contributed by atoms with Gasteiger partial charge in [0.25, 0.3) is 5.56 Å². The fraction of sp³-hybridized carbons (Fsp3) is 0.286. The predicted octanol–water partition coefficient (Wildman–Crippen LogP) is 1.57. The number of alkyl halides is 3. The number of hydrogen-bond donors (Lipinski definition) is 1. The van der Waals surface area contributed by atoms with Crippen molar-refractivity contribution in [2.24, 2.45) is 0 Å². The number of benzene rings is 1. The van der Waals surface area contributed by atoms with Crippen LogP contribution in [-0.4, -0.2) is 20.8 Å². The van der Waals surface area contributed by atoms with E-state index in [2.05, 4.69) is 0 Å². The van der Waals surface area contributed by atoms with Gasteiger partial charge in [0.2, 0.25) is 0 Å². The molecule has 0 bridgehead atoms. The molecule has 1 atom stereocenters. The molecular formula is C14H13F3N2O3. The Labute approximate surface area is 122 Å². The zero-order valence-electron chi connectivity index (χ0n) is 11.5. The first kappa shape index (κ1) is 16.0. The molecule has 1 aromatic carbocycles. The second-order valence-electron chi connectivity index (χ2n) is 4.76. The van der Waals surface area contributed by atoms with E-state index in [1.54, 1.807) is 0 Å². The molecule has 0 aliphatic rings. The summed E-state index contributed by atoms with van der Waals surface area (Å²) in [6, 6.07) is 4.50. The maximum Gasteiger partial charge on any atom is 0.416 e. The number of aliphatic hydroxyl groups is 1. The topological polar surface area (TPSA) is 64.2 Å². The standard InChI is InChI=1S/C14H13F3N2O3/c1-9(8-20)19-12(21)5-6-18(13(19)22)11-4-2-3-10(7-11)14(15,16)17/h2-7,9,20H,8H2,1H3/t9-/m1/s1. The quantitative estimate of drug-likeness (QED) is 0.935. The van der Waals surface area contributed by atoms with E-state index in [0.29, 0.717) is 0 Å². The van der Waals surface area contributed by atoms with Gasteiger partial charge in [-0.15, -0.1) is 0 Å². The molecule has 0 unspecified atom stereocenters. The smallest absolute Gasteiger partial charge is 0.394 e. The van der Waals surface area contributed by atoms with Crippen LogP contribution < -0.4 is 11.2 Å². The zero-order valence-corrected chi connectivity index (χ0v) is 11.5. The van der Waals surface area contributed by atoms with E-state index in [-0.39, 0.29) is 5.69 Å². The summed E-state index contributed by atoms with van der Waals surface area (Å²) in [7, 11) is 0. The third-order valence-corrected chi connectivity index (χ3v) is 3.17. The normalized spacial score (nSPS) is 13.1. The molecule has 1 N–H and O–H groups in total. The molecule has 0 aliphatic heterocycles. The van der Waals surface area contributed by atoms with Crippen LogP contribution in [0.5, 0.6) is 0 Å². The molecule has 0 saturated carbocycles.